The molecular formula is C17H14Cl3N3O3. The maximum Gasteiger partial charge on any atom is 0.326 e. The molecule has 0 saturated heterocycles. The number of aliphatic carboxylic acids is 1. The van der Waals surface area contributed by atoms with E-state index in [0.717, 1.165) is 0 Å². The predicted molar refractivity (Wildman–Crippen MR) is 102 cm³/mol. The highest BCUT2D eigenvalue weighted by Gasteiger charge is 2.33. The fourth-order valence-corrected chi connectivity index (χ4v) is 3.66. The van der Waals surface area contributed by atoms with Crippen molar-refractivity contribution in [2.24, 2.45) is 0 Å². The van der Waals surface area contributed by atoms with Crippen LogP contribution in [0, 0.1) is 0 Å². The zero-order valence-corrected chi connectivity index (χ0v) is 15.5. The fourth-order valence-electron chi connectivity index (χ4n) is 2.84. The lowest BCUT2D eigenvalue weighted by Crippen LogP contribution is -2.42. The van der Waals surface area contributed by atoms with E-state index in [2.05, 4.69) is 16.0 Å². The summed E-state index contributed by atoms with van der Waals surface area (Å²) in [6, 6.07) is 7.84. The Morgan fingerprint density at radius 1 is 1.12 bits per heavy atom. The Labute approximate surface area is 164 Å². The number of nitrogens with one attached hydrogen (secondary N) is 3. The Morgan fingerprint density at radius 3 is 2.58 bits per heavy atom. The maximum atomic E-state index is 12.4. The molecule has 2 aromatic carbocycles. The summed E-state index contributed by atoms with van der Waals surface area (Å²) in [5, 5.41) is 18.9. The minimum absolute atomic E-state index is 0.132. The molecule has 0 aromatic heterocycles. The van der Waals surface area contributed by atoms with E-state index in [1.165, 1.54) is 0 Å². The van der Waals surface area contributed by atoms with Gasteiger partial charge in [0.1, 0.15) is 6.04 Å². The average molecular weight is 415 g/mol. The average Bonchev–Trinajstić information content (AvgIpc) is 2.53. The van der Waals surface area contributed by atoms with Crippen LogP contribution in [0.1, 0.15) is 18.0 Å². The van der Waals surface area contributed by atoms with Gasteiger partial charge in [0.2, 0.25) is 0 Å². The van der Waals surface area contributed by atoms with Crippen LogP contribution in [0.2, 0.25) is 15.1 Å². The van der Waals surface area contributed by atoms with Crippen molar-refractivity contribution >= 4 is 58.2 Å². The van der Waals surface area contributed by atoms with Gasteiger partial charge in [-0.05, 0) is 30.3 Å². The third kappa shape index (κ3) is 4.15. The molecule has 26 heavy (non-hydrogen) atoms. The van der Waals surface area contributed by atoms with E-state index in [1.54, 1.807) is 36.4 Å². The van der Waals surface area contributed by atoms with Crippen molar-refractivity contribution in [3.05, 3.63) is 57.0 Å². The van der Waals surface area contributed by atoms with Crippen LogP contribution >= 0.6 is 34.8 Å². The number of urea groups is 1. The Kier molecular flexibility index (Phi) is 5.46. The normalized spacial score (nSPS) is 18.4. The van der Waals surface area contributed by atoms with Gasteiger partial charge in [-0.1, -0.05) is 40.9 Å². The monoisotopic (exact) mass is 413 g/mol. The van der Waals surface area contributed by atoms with Gasteiger partial charge >= 0.3 is 12.0 Å². The smallest absolute Gasteiger partial charge is 0.326 e. The van der Waals surface area contributed by atoms with Crippen LogP contribution < -0.4 is 16.0 Å². The molecule has 1 heterocycles. The molecule has 4 N–H and O–H groups in total. The molecule has 0 fully saturated rings. The molecule has 2 amide bonds. The number of benzene rings is 2. The van der Waals surface area contributed by atoms with Crippen LogP contribution in [0.15, 0.2) is 36.4 Å². The molecule has 9 heteroatoms. The molecule has 0 spiro atoms. The van der Waals surface area contributed by atoms with Gasteiger partial charge in [0.15, 0.2) is 0 Å². The zero-order valence-electron chi connectivity index (χ0n) is 13.2. The van der Waals surface area contributed by atoms with E-state index in [4.69, 9.17) is 34.8 Å². The number of carboxylic acids is 1. The van der Waals surface area contributed by atoms with Crippen LogP contribution in [-0.2, 0) is 4.79 Å². The molecule has 0 aliphatic carbocycles. The molecule has 0 saturated carbocycles. The number of carbonyl (C=O) groups is 2. The van der Waals surface area contributed by atoms with Gasteiger partial charge in [-0.15, -0.1) is 0 Å². The lowest BCUT2D eigenvalue weighted by Gasteiger charge is -2.32. The summed E-state index contributed by atoms with van der Waals surface area (Å²) in [7, 11) is 0. The van der Waals surface area contributed by atoms with E-state index >= 15 is 0 Å². The van der Waals surface area contributed by atoms with Crippen LogP contribution in [0.4, 0.5) is 16.2 Å². The van der Waals surface area contributed by atoms with Crippen molar-refractivity contribution < 1.29 is 14.7 Å². The Hall–Kier alpha value is -2.15. The van der Waals surface area contributed by atoms with Crippen molar-refractivity contribution in [1.29, 1.82) is 0 Å². The SMILES string of the molecule is O=C(Nc1cccc(Cl)c1)N[C@@H]1C[C@@H](C(=O)O)Nc2cc(Cl)cc(Cl)c21. The van der Waals surface area contributed by atoms with Gasteiger partial charge in [0.25, 0.3) is 0 Å². The van der Waals surface area contributed by atoms with Gasteiger partial charge in [0.05, 0.1) is 6.04 Å². The highest BCUT2D eigenvalue weighted by Crippen LogP contribution is 2.39. The Balaban J connectivity index is 1.84. The van der Waals surface area contributed by atoms with Crippen molar-refractivity contribution in [3.63, 3.8) is 0 Å². The van der Waals surface area contributed by atoms with E-state index in [-0.39, 0.29) is 6.42 Å². The van der Waals surface area contributed by atoms with E-state index in [9.17, 15) is 14.7 Å². The number of fused-ring (bicyclic) bond motifs is 1. The van der Waals surface area contributed by atoms with E-state index in [0.29, 0.717) is 32.0 Å². The summed E-state index contributed by atoms with van der Waals surface area (Å²) < 4.78 is 0. The zero-order chi connectivity index (χ0) is 18.8. The van der Waals surface area contributed by atoms with Crippen molar-refractivity contribution in [2.45, 2.75) is 18.5 Å². The van der Waals surface area contributed by atoms with Crippen molar-refractivity contribution in [1.82, 2.24) is 5.32 Å². The third-order valence-electron chi connectivity index (χ3n) is 3.93. The van der Waals surface area contributed by atoms with E-state index in [1.807, 2.05) is 0 Å². The first-order valence-corrected chi connectivity index (χ1v) is 8.78. The van der Waals surface area contributed by atoms with Crippen LogP contribution in [0.25, 0.3) is 0 Å². The van der Waals surface area contributed by atoms with Crippen LogP contribution in [-0.4, -0.2) is 23.1 Å². The maximum absolute atomic E-state index is 12.4. The predicted octanol–water partition coefficient (Wildman–Crippen LogP) is 4.78. The van der Waals surface area contributed by atoms with Gasteiger partial charge in [-0.3, -0.25) is 0 Å². The van der Waals surface area contributed by atoms with Gasteiger partial charge in [-0.2, -0.15) is 0 Å². The highest BCUT2D eigenvalue weighted by atomic mass is 35.5. The third-order valence-corrected chi connectivity index (χ3v) is 4.70. The minimum Gasteiger partial charge on any atom is -0.480 e. The van der Waals surface area contributed by atoms with Crippen molar-refractivity contribution in [3.8, 4) is 0 Å². The van der Waals surface area contributed by atoms with Gasteiger partial charge in [-0.25, -0.2) is 9.59 Å². The molecule has 1 aliphatic rings. The molecule has 2 atom stereocenters. The molecule has 1 aliphatic heterocycles. The standard InChI is InChI=1S/C17H14Cl3N3O3/c18-8-2-1-3-10(4-8)21-17(26)23-13-7-14(16(24)25)22-12-6-9(19)5-11(20)15(12)13/h1-6,13-14,22H,7H2,(H,24,25)(H2,21,23,26)/t13-,14+/m1/s1. The first-order valence-electron chi connectivity index (χ1n) is 7.65. The molecule has 136 valence electrons. The summed E-state index contributed by atoms with van der Waals surface area (Å²) in [6.45, 7) is 0. The number of halogens is 3. The molecule has 0 bridgehead atoms. The molecule has 0 radical (unpaired) electrons. The minimum atomic E-state index is -1.03. The number of hydrogen-bond acceptors (Lipinski definition) is 3. The molecule has 0 unspecified atom stereocenters. The van der Waals surface area contributed by atoms with Gasteiger partial charge in [0, 0.05) is 38.4 Å². The Morgan fingerprint density at radius 2 is 1.88 bits per heavy atom. The first kappa shape index (κ1) is 18.6. The van der Waals surface area contributed by atoms with E-state index < -0.39 is 24.1 Å². The quantitative estimate of drug-likeness (QED) is 0.582. The van der Waals surface area contributed by atoms with Crippen molar-refractivity contribution in [2.75, 3.05) is 10.6 Å². The number of amides is 2. The second-order valence-corrected chi connectivity index (χ2v) is 7.06. The van der Waals surface area contributed by atoms with Crippen LogP contribution in [0.3, 0.4) is 0 Å². The fraction of sp³-hybridized carbons (Fsp3) is 0.176. The first-order chi connectivity index (χ1) is 12.3. The number of carboxylic acid groups (broad SMARTS) is 1. The summed E-state index contributed by atoms with van der Waals surface area (Å²) >= 11 is 18.2. The summed E-state index contributed by atoms with van der Waals surface area (Å²) in [5.74, 6) is -1.03. The number of hydrogen-bond donors (Lipinski definition) is 4. The van der Waals surface area contributed by atoms with Crippen LogP contribution in [0.5, 0.6) is 0 Å². The number of carbonyl (C=O) groups excluding carboxylic acids is 1. The summed E-state index contributed by atoms with van der Waals surface area (Å²) in [6.07, 6.45) is 0.132. The lowest BCUT2D eigenvalue weighted by atomic mass is 9.93. The molecular weight excluding hydrogens is 401 g/mol. The highest BCUT2D eigenvalue weighted by molar-refractivity contribution is 6.35. The molecule has 6 nitrogen and oxygen atoms in total. The topological polar surface area (TPSA) is 90.5 Å². The summed E-state index contributed by atoms with van der Waals surface area (Å²) in [4.78, 5) is 23.8. The molecule has 3 rings (SSSR count). The van der Waals surface area contributed by atoms with Gasteiger partial charge < -0.3 is 21.1 Å². The lowest BCUT2D eigenvalue weighted by molar-refractivity contribution is -0.138. The second kappa shape index (κ2) is 7.61. The summed E-state index contributed by atoms with van der Waals surface area (Å²) in [5.41, 5.74) is 1.59. The Bertz CT molecular complexity index is 876. The largest absolute Gasteiger partial charge is 0.480 e. The number of rotatable bonds is 3. The second-order valence-electron chi connectivity index (χ2n) is 5.78. The number of anilines is 2. The molecule has 2 aromatic rings.